The molecule has 1 aromatic carbocycles. The number of nitrogens with one attached hydrogen (secondary N) is 1. The molecule has 0 aliphatic carbocycles. The van der Waals surface area contributed by atoms with Crippen LogP contribution in [0.15, 0.2) is 67.5 Å². The van der Waals surface area contributed by atoms with Crippen LogP contribution in [0.2, 0.25) is 0 Å². The number of nitrogens with zero attached hydrogens (tertiary/aromatic N) is 7. The lowest BCUT2D eigenvalue weighted by atomic mass is 10.1. The molecule has 2 aliphatic heterocycles. The Bertz CT molecular complexity index is 1460. The number of hydrogen-bond acceptors (Lipinski definition) is 9. The van der Waals surface area contributed by atoms with Crippen molar-refractivity contribution < 1.29 is 14.3 Å². The SMILES string of the molecule is Cc1cc(N2CCN(Cc3cccnc3)C(CC(=O)NCCc3ccc4c(c3)OCCO4)C2)nc(-n2ccnc2)n1. The second-order valence-electron chi connectivity index (χ2n) is 10.4. The second kappa shape index (κ2) is 12.3. The monoisotopic (exact) mass is 554 g/mol. The van der Waals surface area contributed by atoms with Crippen LogP contribution >= 0.6 is 0 Å². The smallest absolute Gasteiger partial charge is 0.237 e. The van der Waals surface area contributed by atoms with Crippen LogP contribution in [0.5, 0.6) is 11.5 Å². The van der Waals surface area contributed by atoms with Gasteiger partial charge >= 0.3 is 0 Å². The summed E-state index contributed by atoms with van der Waals surface area (Å²) in [6.07, 6.45) is 10.0. The zero-order valence-electron chi connectivity index (χ0n) is 23.1. The van der Waals surface area contributed by atoms with E-state index in [1.165, 1.54) is 0 Å². The van der Waals surface area contributed by atoms with E-state index in [9.17, 15) is 4.79 Å². The number of benzene rings is 1. The molecule has 0 radical (unpaired) electrons. The first-order chi connectivity index (χ1) is 20.1. The minimum atomic E-state index is 0.00483. The molecule has 1 amide bonds. The average molecular weight is 555 g/mol. The largest absolute Gasteiger partial charge is 0.486 e. The van der Waals surface area contributed by atoms with Crippen molar-refractivity contribution in [3.63, 3.8) is 0 Å². The van der Waals surface area contributed by atoms with E-state index in [-0.39, 0.29) is 11.9 Å². The Morgan fingerprint density at radius 2 is 1.93 bits per heavy atom. The lowest BCUT2D eigenvalue weighted by molar-refractivity contribution is -0.122. The summed E-state index contributed by atoms with van der Waals surface area (Å²) in [4.78, 5) is 35.6. The lowest BCUT2D eigenvalue weighted by Gasteiger charge is -2.42. The molecule has 0 bridgehead atoms. The third-order valence-corrected chi connectivity index (χ3v) is 7.36. The van der Waals surface area contributed by atoms with Gasteiger partial charge in [-0.15, -0.1) is 0 Å². The second-order valence-corrected chi connectivity index (χ2v) is 10.4. The molecule has 1 atom stereocenters. The standard InChI is InChI=1S/C30H34N8O3/c1-22-15-28(35-30(34-22)38-10-9-32-21-38)37-12-11-36(19-24-3-2-7-31-18-24)25(20-37)17-29(39)33-8-6-23-4-5-26-27(16-23)41-14-13-40-26/h2-5,7,9-10,15-16,18,21,25H,6,8,11-14,17,19-20H2,1H3,(H,33,39). The van der Waals surface area contributed by atoms with Gasteiger partial charge in [0.25, 0.3) is 0 Å². The molecule has 11 heteroatoms. The van der Waals surface area contributed by atoms with Crippen LogP contribution in [-0.2, 0) is 17.8 Å². The number of imidazole rings is 1. The number of hydrogen-bond donors (Lipinski definition) is 1. The zero-order valence-corrected chi connectivity index (χ0v) is 23.1. The number of aryl methyl sites for hydroxylation is 1. The van der Waals surface area contributed by atoms with Crippen LogP contribution in [0, 0.1) is 6.92 Å². The quantitative estimate of drug-likeness (QED) is 0.334. The Balaban J connectivity index is 1.12. The number of piperazine rings is 1. The van der Waals surface area contributed by atoms with Gasteiger partial charge in [0.1, 0.15) is 25.4 Å². The predicted molar refractivity (Wildman–Crippen MR) is 153 cm³/mol. The van der Waals surface area contributed by atoms with Gasteiger partial charge in [-0.05, 0) is 42.7 Å². The van der Waals surface area contributed by atoms with E-state index in [1.807, 2.05) is 54.2 Å². The maximum Gasteiger partial charge on any atom is 0.237 e. The van der Waals surface area contributed by atoms with Gasteiger partial charge in [-0.2, -0.15) is 4.98 Å². The average Bonchev–Trinajstić information content (AvgIpc) is 3.54. The first kappa shape index (κ1) is 26.7. The van der Waals surface area contributed by atoms with Crippen molar-refractivity contribution in [2.45, 2.75) is 32.4 Å². The minimum absolute atomic E-state index is 0.00483. The summed E-state index contributed by atoms with van der Waals surface area (Å²) in [6, 6.07) is 12.0. The summed E-state index contributed by atoms with van der Waals surface area (Å²) < 4.78 is 13.1. The molecular formula is C30H34N8O3. The van der Waals surface area contributed by atoms with Crippen LogP contribution in [0.3, 0.4) is 0 Å². The van der Waals surface area contributed by atoms with Crippen LogP contribution in [0.1, 0.15) is 23.2 Å². The Hall–Kier alpha value is -4.51. The molecule has 5 heterocycles. The van der Waals surface area contributed by atoms with E-state index in [4.69, 9.17) is 14.5 Å². The van der Waals surface area contributed by atoms with Gasteiger partial charge in [0.15, 0.2) is 11.5 Å². The first-order valence-corrected chi connectivity index (χ1v) is 14.0. The molecule has 1 unspecified atom stereocenters. The maximum absolute atomic E-state index is 13.2. The number of anilines is 1. The van der Waals surface area contributed by atoms with Crippen LogP contribution in [0.25, 0.3) is 5.95 Å². The van der Waals surface area contributed by atoms with Crippen molar-refractivity contribution in [1.29, 1.82) is 0 Å². The Kier molecular flexibility index (Phi) is 8.04. The zero-order chi connectivity index (χ0) is 28.0. The number of amides is 1. The van der Waals surface area contributed by atoms with Crippen molar-refractivity contribution in [3.8, 4) is 17.4 Å². The molecule has 6 rings (SSSR count). The minimum Gasteiger partial charge on any atom is -0.486 e. The molecule has 11 nitrogen and oxygen atoms in total. The third-order valence-electron chi connectivity index (χ3n) is 7.36. The maximum atomic E-state index is 13.2. The van der Waals surface area contributed by atoms with Crippen molar-refractivity contribution in [2.75, 3.05) is 44.3 Å². The summed E-state index contributed by atoms with van der Waals surface area (Å²) in [7, 11) is 0. The Labute approximate surface area is 239 Å². The van der Waals surface area contributed by atoms with E-state index < -0.39 is 0 Å². The lowest BCUT2D eigenvalue weighted by Crippen LogP contribution is -2.54. The fourth-order valence-electron chi connectivity index (χ4n) is 5.30. The number of fused-ring (bicyclic) bond motifs is 1. The summed E-state index contributed by atoms with van der Waals surface area (Å²) in [5.74, 6) is 3.01. The molecule has 1 N–H and O–H groups in total. The normalized spacial score (nSPS) is 16.9. The number of carbonyl (C=O) groups is 1. The number of ether oxygens (including phenoxy) is 2. The molecule has 1 fully saturated rings. The highest BCUT2D eigenvalue weighted by atomic mass is 16.6. The Morgan fingerprint density at radius 1 is 1.02 bits per heavy atom. The van der Waals surface area contributed by atoms with Gasteiger partial charge < -0.3 is 19.7 Å². The summed E-state index contributed by atoms with van der Waals surface area (Å²) in [6.45, 7) is 6.65. The number of pyridine rings is 1. The highest BCUT2D eigenvalue weighted by Crippen LogP contribution is 2.30. The van der Waals surface area contributed by atoms with E-state index in [2.05, 4.69) is 36.1 Å². The number of rotatable bonds is 9. The van der Waals surface area contributed by atoms with Gasteiger partial charge in [-0.1, -0.05) is 12.1 Å². The summed E-state index contributed by atoms with van der Waals surface area (Å²) >= 11 is 0. The number of aromatic nitrogens is 5. The van der Waals surface area contributed by atoms with Crippen LogP contribution in [0.4, 0.5) is 5.82 Å². The molecular weight excluding hydrogens is 520 g/mol. The molecule has 212 valence electrons. The molecule has 1 saturated heterocycles. The number of carbonyl (C=O) groups excluding carboxylic acids is 1. The van der Waals surface area contributed by atoms with Gasteiger partial charge in [-0.25, -0.2) is 9.97 Å². The highest BCUT2D eigenvalue weighted by molar-refractivity contribution is 5.76. The fourth-order valence-corrected chi connectivity index (χ4v) is 5.30. The predicted octanol–water partition coefficient (Wildman–Crippen LogP) is 2.58. The molecule has 41 heavy (non-hydrogen) atoms. The van der Waals surface area contributed by atoms with Crippen molar-refractivity contribution in [1.82, 2.24) is 34.7 Å². The van der Waals surface area contributed by atoms with Gasteiger partial charge in [0.05, 0.1) is 0 Å². The van der Waals surface area contributed by atoms with Gasteiger partial charge in [0.2, 0.25) is 11.9 Å². The topological polar surface area (TPSA) is 111 Å². The summed E-state index contributed by atoms with van der Waals surface area (Å²) in [5, 5.41) is 3.13. The summed E-state index contributed by atoms with van der Waals surface area (Å²) in [5.41, 5.74) is 3.11. The van der Waals surface area contributed by atoms with Gasteiger partial charge in [-0.3, -0.25) is 19.2 Å². The van der Waals surface area contributed by atoms with E-state index in [0.29, 0.717) is 38.7 Å². The van der Waals surface area contributed by atoms with Gasteiger partial charge in [0, 0.05) is 81.7 Å². The molecule has 4 aromatic rings. The molecule has 3 aromatic heterocycles. The van der Waals surface area contributed by atoms with Crippen molar-refractivity contribution in [2.24, 2.45) is 0 Å². The Morgan fingerprint density at radius 3 is 2.76 bits per heavy atom. The van der Waals surface area contributed by atoms with Crippen molar-refractivity contribution >= 4 is 11.7 Å². The van der Waals surface area contributed by atoms with Crippen LogP contribution in [-0.4, -0.2) is 80.7 Å². The van der Waals surface area contributed by atoms with Crippen molar-refractivity contribution in [3.05, 3.63) is 84.3 Å². The van der Waals surface area contributed by atoms with E-state index >= 15 is 0 Å². The third kappa shape index (κ3) is 6.63. The van der Waals surface area contributed by atoms with E-state index in [1.54, 1.807) is 18.7 Å². The fraction of sp³-hybridized carbons (Fsp3) is 0.367. The van der Waals surface area contributed by atoms with E-state index in [0.717, 1.165) is 60.2 Å². The highest BCUT2D eigenvalue weighted by Gasteiger charge is 2.30. The van der Waals surface area contributed by atoms with Crippen LogP contribution < -0.4 is 19.7 Å². The molecule has 0 spiro atoms. The molecule has 0 saturated carbocycles. The first-order valence-electron chi connectivity index (χ1n) is 14.0. The molecule has 2 aliphatic rings.